The van der Waals surface area contributed by atoms with Crippen molar-refractivity contribution in [2.24, 2.45) is 0 Å². The van der Waals surface area contributed by atoms with Crippen molar-refractivity contribution in [1.29, 1.82) is 0 Å². The van der Waals surface area contributed by atoms with Crippen molar-refractivity contribution >= 4 is 17.6 Å². The van der Waals surface area contributed by atoms with E-state index in [1.165, 1.54) is 11.1 Å². The molecule has 2 fully saturated rings. The van der Waals surface area contributed by atoms with E-state index in [-0.39, 0.29) is 18.0 Å². The van der Waals surface area contributed by atoms with E-state index < -0.39 is 0 Å². The second-order valence-corrected chi connectivity index (χ2v) is 8.24. The lowest BCUT2D eigenvalue weighted by Crippen LogP contribution is -2.43. The first-order chi connectivity index (χ1) is 15.1. The van der Waals surface area contributed by atoms with E-state index in [9.17, 15) is 9.59 Å². The molecule has 0 spiro atoms. The number of hydrogen-bond acceptors (Lipinski definition) is 4. The number of rotatable bonds is 7. The Balaban J connectivity index is 1.37. The van der Waals surface area contributed by atoms with Crippen LogP contribution in [0.25, 0.3) is 0 Å². The molecule has 1 atom stereocenters. The maximum Gasteiger partial charge on any atom is 0.319 e. The van der Waals surface area contributed by atoms with Gasteiger partial charge < -0.3 is 20.7 Å². The summed E-state index contributed by atoms with van der Waals surface area (Å²) in [6.45, 7) is 5.71. The predicted molar refractivity (Wildman–Crippen MR) is 120 cm³/mol. The lowest BCUT2D eigenvalue weighted by molar-refractivity contribution is 0.0162. The molecule has 164 valence electrons. The van der Waals surface area contributed by atoms with Crippen LogP contribution in [0, 0.1) is 6.92 Å². The zero-order valence-electron chi connectivity index (χ0n) is 17.9. The van der Waals surface area contributed by atoms with E-state index >= 15 is 0 Å². The Morgan fingerprint density at radius 3 is 2.52 bits per heavy atom. The first-order valence-corrected chi connectivity index (χ1v) is 10.9. The largest absolute Gasteiger partial charge is 0.379 e. The monoisotopic (exact) mass is 422 g/mol. The Kier molecular flexibility index (Phi) is 6.84. The van der Waals surface area contributed by atoms with Crippen LogP contribution in [0.4, 0.5) is 10.5 Å². The highest BCUT2D eigenvalue weighted by atomic mass is 16.5. The second-order valence-electron chi connectivity index (χ2n) is 8.24. The number of carbonyl (C=O) groups excluding carboxylic acids is 2. The smallest absolute Gasteiger partial charge is 0.319 e. The number of ether oxygens (including phenoxy) is 1. The summed E-state index contributed by atoms with van der Waals surface area (Å²) < 4.78 is 5.50. The zero-order valence-corrected chi connectivity index (χ0v) is 17.9. The fraction of sp³-hybridized carbons (Fsp3) is 0.417. The van der Waals surface area contributed by atoms with Gasteiger partial charge in [-0.25, -0.2) is 4.79 Å². The zero-order chi connectivity index (χ0) is 21.6. The molecule has 3 amide bonds. The van der Waals surface area contributed by atoms with E-state index in [0.29, 0.717) is 37.1 Å². The molecule has 2 aromatic rings. The third-order valence-electron chi connectivity index (χ3n) is 5.69. The molecule has 7 nitrogen and oxygen atoms in total. The average Bonchev–Trinajstić information content (AvgIpc) is 3.59. The molecule has 1 aliphatic heterocycles. The fourth-order valence-electron chi connectivity index (χ4n) is 3.80. The number of aryl methyl sites for hydroxylation is 1. The van der Waals surface area contributed by atoms with Crippen LogP contribution in [0.3, 0.4) is 0 Å². The Hall–Kier alpha value is -2.90. The summed E-state index contributed by atoms with van der Waals surface area (Å²) in [5, 5.41) is 8.77. The average molecular weight is 423 g/mol. The van der Waals surface area contributed by atoms with Crippen LogP contribution in [-0.4, -0.2) is 55.7 Å². The second kappa shape index (κ2) is 9.94. The van der Waals surface area contributed by atoms with Gasteiger partial charge in [-0.1, -0.05) is 29.8 Å². The first kappa shape index (κ1) is 21.3. The number of amides is 3. The van der Waals surface area contributed by atoms with Crippen LogP contribution in [0.5, 0.6) is 0 Å². The SMILES string of the molecule is Cc1cccc(C(CNC(=O)c2ccc(NC(=O)NC3CC3)cc2)N2CCOCC2)c1. The first-order valence-electron chi connectivity index (χ1n) is 10.9. The Morgan fingerprint density at radius 1 is 1.10 bits per heavy atom. The molecule has 3 N–H and O–H groups in total. The van der Waals surface area contributed by atoms with E-state index in [4.69, 9.17) is 4.74 Å². The van der Waals surface area contributed by atoms with Crippen molar-refractivity contribution < 1.29 is 14.3 Å². The van der Waals surface area contributed by atoms with Gasteiger partial charge in [0.2, 0.25) is 0 Å². The molecular weight excluding hydrogens is 392 g/mol. The van der Waals surface area contributed by atoms with Crippen molar-refractivity contribution in [2.75, 3.05) is 38.2 Å². The molecule has 1 heterocycles. The number of benzene rings is 2. The van der Waals surface area contributed by atoms with Crippen molar-refractivity contribution in [3.8, 4) is 0 Å². The van der Waals surface area contributed by atoms with Gasteiger partial charge in [0.15, 0.2) is 0 Å². The molecule has 2 aliphatic rings. The molecule has 0 bridgehead atoms. The molecule has 1 saturated heterocycles. The van der Waals surface area contributed by atoms with E-state index in [0.717, 1.165) is 25.9 Å². The third kappa shape index (κ3) is 6.06. The van der Waals surface area contributed by atoms with Gasteiger partial charge in [0.1, 0.15) is 0 Å². The summed E-state index contributed by atoms with van der Waals surface area (Å²) in [7, 11) is 0. The van der Waals surface area contributed by atoms with Crippen LogP contribution >= 0.6 is 0 Å². The van der Waals surface area contributed by atoms with Gasteiger partial charge in [0, 0.05) is 36.9 Å². The molecule has 4 rings (SSSR count). The molecule has 1 aliphatic carbocycles. The standard InChI is InChI=1S/C24H30N4O3/c1-17-3-2-4-19(15-17)22(28-11-13-31-14-12-28)16-25-23(29)18-5-7-20(8-6-18)26-24(30)27-21-9-10-21/h2-8,15,21-22H,9-14,16H2,1H3,(H,25,29)(H2,26,27,30). The number of carbonyl (C=O) groups is 2. The highest BCUT2D eigenvalue weighted by Crippen LogP contribution is 2.23. The van der Waals surface area contributed by atoms with Gasteiger partial charge >= 0.3 is 6.03 Å². The summed E-state index contributed by atoms with van der Waals surface area (Å²) in [6, 6.07) is 15.6. The van der Waals surface area contributed by atoms with E-state index in [2.05, 4.69) is 52.0 Å². The van der Waals surface area contributed by atoms with Crippen LogP contribution in [0.2, 0.25) is 0 Å². The molecule has 7 heteroatoms. The topological polar surface area (TPSA) is 82.7 Å². The number of morpholine rings is 1. The fourth-order valence-corrected chi connectivity index (χ4v) is 3.80. The minimum Gasteiger partial charge on any atom is -0.379 e. The van der Waals surface area contributed by atoms with Crippen LogP contribution in [-0.2, 0) is 4.74 Å². The van der Waals surface area contributed by atoms with Crippen LogP contribution < -0.4 is 16.0 Å². The van der Waals surface area contributed by atoms with Crippen molar-refractivity contribution in [3.63, 3.8) is 0 Å². The van der Waals surface area contributed by atoms with Gasteiger partial charge in [-0.15, -0.1) is 0 Å². The maximum atomic E-state index is 12.8. The molecule has 1 saturated carbocycles. The van der Waals surface area contributed by atoms with E-state index in [1.54, 1.807) is 24.3 Å². The molecule has 31 heavy (non-hydrogen) atoms. The van der Waals surface area contributed by atoms with E-state index in [1.807, 2.05) is 0 Å². The van der Waals surface area contributed by atoms with Gasteiger partial charge in [-0.3, -0.25) is 9.69 Å². The summed E-state index contributed by atoms with van der Waals surface area (Å²) in [5.41, 5.74) is 3.64. The summed E-state index contributed by atoms with van der Waals surface area (Å²) in [4.78, 5) is 27.0. The highest BCUT2D eigenvalue weighted by Gasteiger charge is 2.24. The number of nitrogens with zero attached hydrogens (tertiary/aromatic N) is 1. The quantitative estimate of drug-likeness (QED) is 0.640. The van der Waals surface area contributed by atoms with Gasteiger partial charge in [-0.05, 0) is 49.6 Å². The number of hydrogen-bond donors (Lipinski definition) is 3. The molecule has 1 unspecified atom stereocenters. The van der Waals surface area contributed by atoms with Crippen molar-refractivity contribution in [3.05, 3.63) is 65.2 Å². The van der Waals surface area contributed by atoms with Gasteiger partial charge in [0.25, 0.3) is 5.91 Å². The van der Waals surface area contributed by atoms with Gasteiger partial charge in [-0.2, -0.15) is 0 Å². The van der Waals surface area contributed by atoms with Crippen molar-refractivity contribution in [2.45, 2.75) is 31.8 Å². The highest BCUT2D eigenvalue weighted by molar-refractivity contribution is 5.95. The minimum absolute atomic E-state index is 0.0970. The van der Waals surface area contributed by atoms with Crippen molar-refractivity contribution in [1.82, 2.24) is 15.5 Å². The molecule has 0 aromatic heterocycles. The predicted octanol–water partition coefficient (Wildman–Crippen LogP) is 3.08. The Bertz CT molecular complexity index is 905. The molecule has 2 aromatic carbocycles. The third-order valence-corrected chi connectivity index (χ3v) is 5.69. The number of anilines is 1. The molecule has 0 radical (unpaired) electrons. The summed E-state index contributed by atoms with van der Waals surface area (Å²) in [6.07, 6.45) is 2.08. The summed E-state index contributed by atoms with van der Waals surface area (Å²) >= 11 is 0. The lowest BCUT2D eigenvalue weighted by Gasteiger charge is -2.35. The van der Waals surface area contributed by atoms with Crippen LogP contribution in [0.15, 0.2) is 48.5 Å². The Labute approximate surface area is 183 Å². The summed E-state index contributed by atoms with van der Waals surface area (Å²) in [5.74, 6) is -0.125. The van der Waals surface area contributed by atoms with Gasteiger partial charge in [0.05, 0.1) is 19.3 Å². The number of urea groups is 1. The minimum atomic E-state index is -0.203. The lowest BCUT2D eigenvalue weighted by atomic mass is 10.0. The Morgan fingerprint density at radius 2 is 1.84 bits per heavy atom. The van der Waals surface area contributed by atoms with Crippen LogP contribution in [0.1, 0.15) is 40.4 Å². The molecular formula is C24H30N4O3. The number of nitrogens with one attached hydrogen (secondary N) is 3. The normalized spacial score (nSPS) is 17.6. The maximum absolute atomic E-state index is 12.8.